The number of piperazine rings is 1. The fourth-order valence-electron chi connectivity index (χ4n) is 3.06. The molecule has 2 heterocycles. The molecule has 0 unspecified atom stereocenters. The molecular weight excluding hydrogens is 306 g/mol. The molecule has 0 bridgehead atoms. The summed E-state index contributed by atoms with van der Waals surface area (Å²) in [5, 5.41) is 7.40. The van der Waals surface area contributed by atoms with Gasteiger partial charge in [-0.15, -0.1) is 0 Å². The van der Waals surface area contributed by atoms with Gasteiger partial charge in [0.2, 0.25) is 5.91 Å². The zero-order chi connectivity index (χ0) is 17.7. The van der Waals surface area contributed by atoms with E-state index in [9.17, 15) is 4.79 Å². The van der Waals surface area contributed by atoms with Crippen LogP contribution in [0.1, 0.15) is 25.2 Å². The number of anilines is 1. The van der Waals surface area contributed by atoms with E-state index in [1.165, 1.54) is 0 Å². The molecule has 2 rings (SSSR count). The normalized spacial score (nSPS) is 17.9. The van der Waals surface area contributed by atoms with Crippen LogP contribution in [0.15, 0.2) is 0 Å². The number of ether oxygens (including phenoxy) is 1. The lowest BCUT2D eigenvalue weighted by Crippen LogP contribution is -2.53. The molecule has 0 aliphatic carbocycles. The molecule has 1 saturated heterocycles. The maximum absolute atomic E-state index is 12.6. The van der Waals surface area contributed by atoms with Crippen molar-refractivity contribution in [1.82, 2.24) is 19.6 Å². The van der Waals surface area contributed by atoms with Crippen molar-refractivity contribution >= 4 is 11.6 Å². The smallest absolute Gasteiger partial charge is 0.241 e. The van der Waals surface area contributed by atoms with E-state index in [0.29, 0.717) is 0 Å². The SMILES string of the molecule is CCOCCN1CCN([C@@H](C)C(=O)Nc2c(C)nn(C)c2C)CC1. The number of carbonyl (C=O) groups excluding carboxylic acids is 1. The summed E-state index contributed by atoms with van der Waals surface area (Å²) in [6.45, 7) is 14.2. The van der Waals surface area contributed by atoms with Crippen LogP contribution in [0, 0.1) is 13.8 Å². The van der Waals surface area contributed by atoms with Gasteiger partial charge in [-0.05, 0) is 27.7 Å². The van der Waals surface area contributed by atoms with Crippen molar-refractivity contribution in [2.24, 2.45) is 7.05 Å². The highest BCUT2D eigenvalue weighted by molar-refractivity contribution is 5.95. The summed E-state index contributed by atoms with van der Waals surface area (Å²) in [6, 6.07) is -0.141. The molecule has 1 aliphatic rings. The Morgan fingerprint density at radius 3 is 2.50 bits per heavy atom. The molecular formula is C17H31N5O2. The molecule has 0 spiro atoms. The van der Waals surface area contributed by atoms with Gasteiger partial charge in [-0.2, -0.15) is 5.10 Å². The third kappa shape index (κ3) is 4.55. The van der Waals surface area contributed by atoms with E-state index >= 15 is 0 Å². The van der Waals surface area contributed by atoms with E-state index in [1.54, 1.807) is 4.68 Å². The van der Waals surface area contributed by atoms with Crippen molar-refractivity contribution in [1.29, 1.82) is 0 Å². The van der Waals surface area contributed by atoms with Crippen molar-refractivity contribution < 1.29 is 9.53 Å². The molecule has 7 nitrogen and oxygen atoms in total. The Kier molecular flexibility index (Phi) is 6.77. The number of nitrogens with zero attached hydrogens (tertiary/aromatic N) is 4. The second kappa shape index (κ2) is 8.60. The second-order valence-electron chi connectivity index (χ2n) is 6.41. The molecule has 1 aromatic heterocycles. The Hall–Kier alpha value is -1.44. The number of carbonyl (C=O) groups is 1. The minimum atomic E-state index is -0.141. The predicted molar refractivity (Wildman–Crippen MR) is 95.3 cm³/mol. The molecule has 0 saturated carbocycles. The Morgan fingerprint density at radius 2 is 1.96 bits per heavy atom. The third-order valence-electron chi connectivity index (χ3n) is 4.85. The Balaban J connectivity index is 1.84. The number of aromatic nitrogens is 2. The van der Waals surface area contributed by atoms with Crippen LogP contribution in [-0.2, 0) is 16.6 Å². The predicted octanol–water partition coefficient (Wildman–Crippen LogP) is 1.02. The average molecular weight is 337 g/mol. The number of nitrogens with one attached hydrogen (secondary N) is 1. The molecule has 1 N–H and O–H groups in total. The zero-order valence-corrected chi connectivity index (χ0v) is 15.6. The van der Waals surface area contributed by atoms with E-state index in [-0.39, 0.29) is 11.9 Å². The maximum atomic E-state index is 12.6. The number of hydrogen-bond donors (Lipinski definition) is 1. The van der Waals surface area contributed by atoms with Crippen molar-refractivity contribution in [2.45, 2.75) is 33.7 Å². The van der Waals surface area contributed by atoms with Gasteiger partial charge in [0.1, 0.15) is 0 Å². The lowest BCUT2D eigenvalue weighted by molar-refractivity contribution is -0.121. The molecule has 1 amide bonds. The van der Waals surface area contributed by atoms with Gasteiger partial charge in [0.15, 0.2) is 0 Å². The van der Waals surface area contributed by atoms with Crippen LogP contribution >= 0.6 is 0 Å². The number of hydrogen-bond acceptors (Lipinski definition) is 5. The molecule has 136 valence electrons. The van der Waals surface area contributed by atoms with Crippen LogP contribution in [-0.4, -0.2) is 77.5 Å². The van der Waals surface area contributed by atoms with Gasteiger partial charge in [0.05, 0.1) is 29.7 Å². The van der Waals surface area contributed by atoms with Gasteiger partial charge in [0.25, 0.3) is 0 Å². The molecule has 7 heteroatoms. The molecule has 1 atom stereocenters. The van der Waals surface area contributed by atoms with Crippen LogP contribution in [0.4, 0.5) is 5.69 Å². The van der Waals surface area contributed by atoms with E-state index in [2.05, 4.69) is 20.2 Å². The zero-order valence-electron chi connectivity index (χ0n) is 15.6. The molecule has 24 heavy (non-hydrogen) atoms. The van der Waals surface area contributed by atoms with Gasteiger partial charge in [-0.3, -0.25) is 19.3 Å². The van der Waals surface area contributed by atoms with E-state index in [1.807, 2.05) is 34.7 Å². The first-order valence-corrected chi connectivity index (χ1v) is 8.79. The van der Waals surface area contributed by atoms with Crippen molar-refractivity contribution in [3.63, 3.8) is 0 Å². The van der Waals surface area contributed by atoms with Gasteiger partial charge < -0.3 is 10.1 Å². The van der Waals surface area contributed by atoms with Crippen LogP contribution in [0.25, 0.3) is 0 Å². The van der Waals surface area contributed by atoms with Crippen molar-refractivity contribution in [2.75, 3.05) is 51.3 Å². The van der Waals surface area contributed by atoms with Crippen LogP contribution < -0.4 is 5.32 Å². The van der Waals surface area contributed by atoms with Crippen molar-refractivity contribution in [3.8, 4) is 0 Å². The fourth-order valence-corrected chi connectivity index (χ4v) is 3.06. The Labute approximate surface area is 144 Å². The van der Waals surface area contributed by atoms with E-state index < -0.39 is 0 Å². The first kappa shape index (κ1) is 18.9. The summed E-state index contributed by atoms with van der Waals surface area (Å²) < 4.78 is 7.21. The maximum Gasteiger partial charge on any atom is 0.241 e. The van der Waals surface area contributed by atoms with Crippen LogP contribution in [0.5, 0.6) is 0 Å². The summed E-state index contributed by atoms with van der Waals surface area (Å²) in [5.74, 6) is 0.0389. The average Bonchev–Trinajstić information content (AvgIpc) is 2.81. The highest BCUT2D eigenvalue weighted by atomic mass is 16.5. The highest BCUT2D eigenvalue weighted by Gasteiger charge is 2.26. The van der Waals surface area contributed by atoms with E-state index in [0.717, 1.165) is 63.0 Å². The number of amides is 1. The van der Waals surface area contributed by atoms with Gasteiger partial charge in [-0.1, -0.05) is 0 Å². The van der Waals surface area contributed by atoms with Crippen molar-refractivity contribution in [3.05, 3.63) is 11.4 Å². The topological polar surface area (TPSA) is 62.6 Å². The summed E-state index contributed by atoms with van der Waals surface area (Å²) in [4.78, 5) is 17.2. The van der Waals surface area contributed by atoms with Gasteiger partial charge in [0, 0.05) is 46.4 Å². The molecule has 1 aliphatic heterocycles. The minimum Gasteiger partial charge on any atom is -0.380 e. The van der Waals surface area contributed by atoms with E-state index in [4.69, 9.17) is 4.74 Å². The lowest BCUT2D eigenvalue weighted by atomic mass is 10.2. The molecule has 0 aromatic carbocycles. The summed E-state index contributed by atoms with van der Waals surface area (Å²) in [6.07, 6.45) is 0. The Morgan fingerprint density at radius 1 is 1.29 bits per heavy atom. The largest absolute Gasteiger partial charge is 0.380 e. The number of rotatable bonds is 7. The Bertz CT molecular complexity index is 549. The standard InChI is InChI=1S/C17H31N5O2/c1-6-24-12-11-21-7-9-22(10-8-21)15(4)17(23)18-16-13(2)19-20(5)14(16)3/h15H,6-12H2,1-5H3,(H,18,23)/t15-/m0/s1. The van der Waals surface area contributed by atoms with Gasteiger partial charge >= 0.3 is 0 Å². The second-order valence-corrected chi connectivity index (χ2v) is 6.41. The number of aryl methyl sites for hydroxylation is 2. The quantitative estimate of drug-likeness (QED) is 0.753. The molecule has 1 aromatic rings. The monoisotopic (exact) mass is 337 g/mol. The van der Waals surface area contributed by atoms with Gasteiger partial charge in [-0.25, -0.2) is 0 Å². The summed E-state index contributed by atoms with van der Waals surface area (Å²) in [7, 11) is 1.89. The fraction of sp³-hybridized carbons (Fsp3) is 0.765. The summed E-state index contributed by atoms with van der Waals surface area (Å²) >= 11 is 0. The molecule has 0 radical (unpaired) electrons. The first-order chi connectivity index (χ1) is 11.4. The minimum absolute atomic E-state index is 0.0389. The summed E-state index contributed by atoms with van der Waals surface area (Å²) in [5.41, 5.74) is 2.68. The first-order valence-electron chi connectivity index (χ1n) is 8.79. The lowest BCUT2D eigenvalue weighted by Gasteiger charge is -2.37. The van der Waals surface area contributed by atoms with Crippen LogP contribution in [0.3, 0.4) is 0 Å². The highest BCUT2D eigenvalue weighted by Crippen LogP contribution is 2.19. The van der Waals surface area contributed by atoms with Crippen LogP contribution in [0.2, 0.25) is 0 Å². The third-order valence-corrected chi connectivity index (χ3v) is 4.85. The molecule has 1 fully saturated rings.